The van der Waals surface area contributed by atoms with Crippen molar-refractivity contribution in [3.63, 3.8) is 0 Å². The number of aliphatic carboxylic acids is 1. The molecule has 1 aliphatic heterocycles. The van der Waals surface area contributed by atoms with Crippen LogP contribution in [-0.2, 0) is 38.6 Å². The predicted octanol–water partition coefficient (Wildman–Crippen LogP) is 6.09. The smallest absolute Gasteiger partial charge is 0.416 e. The molecule has 0 aromatic heterocycles. The number of carbonyl (C=O) groups excluding carboxylic acids is 1. The number of carboxylic acid groups (broad SMARTS) is 1. The van der Waals surface area contributed by atoms with Crippen LogP contribution in [0, 0.1) is 0 Å². The number of hydrogen-bond donors (Lipinski definition) is 2. The number of hydrogen-bond acceptors (Lipinski definition) is 5. The molecule has 1 amide bonds. The van der Waals surface area contributed by atoms with Crippen molar-refractivity contribution in [3.8, 4) is 16.9 Å². The number of nitrogens with zero attached hydrogens (tertiary/aromatic N) is 1. The van der Waals surface area contributed by atoms with Crippen LogP contribution in [0.25, 0.3) is 11.1 Å². The minimum Gasteiger partial charge on any atom is -0.494 e. The third-order valence-electron chi connectivity index (χ3n) is 7.60. The van der Waals surface area contributed by atoms with Gasteiger partial charge in [-0.1, -0.05) is 54.6 Å². The van der Waals surface area contributed by atoms with Gasteiger partial charge in [0.25, 0.3) is 10.0 Å². The van der Waals surface area contributed by atoms with Gasteiger partial charge in [-0.05, 0) is 77.6 Å². The molecule has 1 heterocycles. The van der Waals surface area contributed by atoms with Gasteiger partial charge in [-0.2, -0.15) is 13.2 Å². The number of carbonyl (C=O) groups is 2. The van der Waals surface area contributed by atoms with E-state index in [1.807, 2.05) is 12.1 Å². The van der Waals surface area contributed by atoms with E-state index in [0.29, 0.717) is 41.0 Å². The number of alkyl halides is 3. The van der Waals surface area contributed by atoms with Crippen molar-refractivity contribution >= 4 is 27.6 Å². The highest BCUT2D eigenvalue weighted by atomic mass is 32.2. The largest absolute Gasteiger partial charge is 0.494 e. The second-order valence-corrected chi connectivity index (χ2v) is 12.6. The molecule has 1 atom stereocenters. The fraction of sp³-hybridized carbons (Fsp3) is 0.235. The number of para-hydroxylation sites is 1. The molecule has 2 N–H and O–H groups in total. The molecule has 0 fully saturated rings. The van der Waals surface area contributed by atoms with E-state index in [4.69, 9.17) is 9.84 Å². The Labute approximate surface area is 264 Å². The summed E-state index contributed by atoms with van der Waals surface area (Å²) in [5.74, 6) is -0.737. The van der Waals surface area contributed by atoms with Crippen LogP contribution in [-0.4, -0.2) is 44.6 Å². The van der Waals surface area contributed by atoms with Gasteiger partial charge in [0.15, 0.2) is 0 Å². The zero-order valence-corrected chi connectivity index (χ0v) is 25.4. The van der Waals surface area contributed by atoms with Gasteiger partial charge in [-0.15, -0.1) is 0 Å². The van der Waals surface area contributed by atoms with Gasteiger partial charge >= 0.3 is 12.1 Å². The molecule has 0 bridgehead atoms. The second kappa shape index (κ2) is 13.7. The number of amides is 1. The summed E-state index contributed by atoms with van der Waals surface area (Å²) in [6.45, 7) is 0.537. The monoisotopic (exact) mass is 652 g/mol. The number of fused-ring (bicyclic) bond motifs is 1. The van der Waals surface area contributed by atoms with Crippen molar-refractivity contribution in [2.75, 3.05) is 17.5 Å². The number of halogens is 3. The molecule has 0 aliphatic carbocycles. The van der Waals surface area contributed by atoms with E-state index in [2.05, 4.69) is 5.32 Å². The molecular weight excluding hydrogens is 621 g/mol. The number of rotatable bonds is 12. The Morgan fingerprint density at radius 2 is 1.63 bits per heavy atom. The van der Waals surface area contributed by atoms with E-state index >= 15 is 0 Å². The predicted molar refractivity (Wildman–Crippen MR) is 166 cm³/mol. The van der Waals surface area contributed by atoms with Gasteiger partial charge in [-0.3, -0.25) is 13.9 Å². The Kier molecular flexibility index (Phi) is 9.66. The van der Waals surface area contributed by atoms with Crippen molar-refractivity contribution in [3.05, 3.63) is 114 Å². The van der Waals surface area contributed by atoms with E-state index in [-0.39, 0.29) is 30.9 Å². The molecule has 1 aliphatic rings. The Bertz CT molecular complexity index is 1810. The van der Waals surface area contributed by atoms with Gasteiger partial charge in [0.05, 0.1) is 22.8 Å². The van der Waals surface area contributed by atoms with E-state index < -0.39 is 39.7 Å². The lowest BCUT2D eigenvalue weighted by Gasteiger charge is -2.26. The molecule has 0 unspecified atom stereocenters. The molecule has 0 saturated carbocycles. The van der Waals surface area contributed by atoms with Crippen LogP contribution < -0.4 is 14.4 Å². The maximum absolute atomic E-state index is 14.0. The lowest BCUT2D eigenvalue weighted by atomic mass is 10.0. The van der Waals surface area contributed by atoms with Crippen LogP contribution in [0.5, 0.6) is 5.75 Å². The first-order valence-electron chi connectivity index (χ1n) is 14.5. The number of ether oxygens (including phenoxy) is 1. The maximum atomic E-state index is 14.0. The normalized spacial score (nSPS) is 14.5. The fourth-order valence-electron chi connectivity index (χ4n) is 5.28. The van der Waals surface area contributed by atoms with Crippen molar-refractivity contribution < 1.29 is 41.0 Å². The molecular formula is C34H31F3N2O6S. The number of benzene rings is 4. The Balaban J connectivity index is 1.27. The van der Waals surface area contributed by atoms with Crippen molar-refractivity contribution in [2.45, 2.75) is 42.8 Å². The van der Waals surface area contributed by atoms with Gasteiger partial charge in [0.1, 0.15) is 11.8 Å². The quantitative estimate of drug-likeness (QED) is 0.179. The summed E-state index contributed by atoms with van der Waals surface area (Å²) in [5, 5.41) is 11.6. The summed E-state index contributed by atoms with van der Waals surface area (Å²) in [7, 11) is -4.23. The average Bonchev–Trinajstić information content (AvgIpc) is 3.44. The lowest BCUT2D eigenvalue weighted by molar-refractivity contribution is -0.138. The van der Waals surface area contributed by atoms with Crippen LogP contribution in [0.2, 0.25) is 0 Å². The van der Waals surface area contributed by atoms with Crippen molar-refractivity contribution in [1.29, 1.82) is 0 Å². The maximum Gasteiger partial charge on any atom is 0.416 e. The highest BCUT2D eigenvalue weighted by molar-refractivity contribution is 7.93. The molecule has 5 rings (SSSR count). The number of carboxylic acids is 1. The molecule has 46 heavy (non-hydrogen) atoms. The topological polar surface area (TPSA) is 113 Å². The van der Waals surface area contributed by atoms with Crippen LogP contribution in [0.4, 0.5) is 18.9 Å². The van der Waals surface area contributed by atoms with E-state index in [1.165, 1.54) is 36.4 Å². The number of nitrogens with one attached hydrogen (secondary N) is 1. The highest BCUT2D eigenvalue weighted by Gasteiger charge is 2.42. The van der Waals surface area contributed by atoms with Gasteiger partial charge < -0.3 is 15.2 Å². The van der Waals surface area contributed by atoms with Crippen LogP contribution >= 0.6 is 0 Å². The summed E-state index contributed by atoms with van der Waals surface area (Å²) in [5.41, 5.74) is 1.91. The van der Waals surface area contributed by atoms with E-state index in [9.17, 15) is 31.2 Å². The molecule has 240 valence electrons. The average molecular weight is 653 g/mol. The number of sulfonamides is 1. The molecule has 8 nitrogen and oxygen atoms in total. The highest BCUT2D eigenvalue weighted by Crippen LogP contribution is 2.38. The molecule has 0 spiro atoms. The Morgan fingerprint density at radius 1 is 0.913 bits per heavy atom. The fourth-order valence-corrected chi connectivity index (χ4v) is 6.92. The molecule has 4 aromatic carbocycles. The van der Waals surface area contributed by atoms with Gasteiger partial charge in [0.2, 0.25) is 5.91 Å². The van der Waals surface area contributed by atoms with Crippen molar-refractivity contribution in [1.82, 2.24) is 5.32 Å². The zero-order valence-electron chi connectivity index (χ0n) is 24.5. The molecule has 4 aromatic rings. The van der Waals surface area contributed by atoms with E-state index in [0.717, 1.165) is 22.0 Å². The molecule has 0 saturated heterocycles. The van der Waals surface area contributed by atoms with Crippen molar-refractivity contribution in [2.24, 2.45) is 0 Å². The Hall–Kier alpha value is -4.84. The summed E-state index contributed by atoms with van der Waals surface area (Å²) >= 11 is 0. The Morgan fingerprint density at radius 3 is 2.33 bits per heavy atom. The van der Waals surface area contributed by atoms with Gasteiger partial charge in [0, 0.05) is 19.4 Å². The summed E-state index contributed by atoms with van der Waals surface area (Å²) in [4.78, 5) is 23.9. The summed E-state index contributed by atoms with van der Waals surface area (Å²) < 4.78 is 74.2. The SMILES string of the molecule is O=C(O)CCCOc1ccc(CCNC(=O)[C@@H]2Cc3ccccc3N2S(=O)(=O)c2ccc(-c3cccc(C(F)(F)F)c3)cc2)cc1. The third kappa shape index (κ3) is 7.51. The second-order valence-electron chi connectivity index (χ2n) is 10.8. The van der Waals surface area contributed by atoms with Gasteiger partial charge in [-0.25, -0.2) is 8.42 Å². The molecule has 0 radical (unpaired) electrons. The first-order valence-corrected chi connectivity index (χ1v) is 16.0. The molecule has 12 heteroatoms. The van der Waals surface area contributed by atoms with Crippen LogP contribution in [0.15, 0.2) is 102 Å². The first-order chi connectivity index (χ1) is 21.9. The first kappa shape index (κ1) is 32.6. The minimum atomic E-state index is -4.51. The van der Waals surface area contributed by atoms with Crippen LogP contribution in [0.3, 0.4) is 0 Å². The zero-order chi connectivity index (χ0) is 32.9. The lowest BCUT2D eigenvalue weighted by Crippen LogP contribution is -2.48. The van der Waals surface area contributed by atoms with Crippen LogP contribution in [0.1, 0.15) is 29.5 Å². The number of anilines is 1. The minimum absolute atomic E-state index is 0.0260. The third-order valence-corrected chi connectivity index (χ3v) is 9.44. The standard InChI is InChI=1S/C34H31F3N2O6S/c35-34(36,37)27-7-3-6-25(21-27)24-12-16-29(17-13-24)46(43,44)39-30-8-2-1-5-26(30)22-31(39)33(42)38-19-18-23-10-14-28(15-11-23)45-20-4-9-32(40)41/h1-3,5-8,10-17,21,31H,4,9,18-20,22H2,(H,38,42)(H,40,41)/t31-/m0/s1. The summed E-state index contributed by atoms with van der Waals surface area (Å²) in [6.07, 6.45) is -3.43. The van der Waals surface area contributed by atoms with E-state index in [1.54, 1.807) is 36.4 Å². The summed E-state index contributed by atoms with van der Waals surface area (Å²) in [6, 6.07) is 23.4.